The monoisotopic (exact) mass is 595 g/mol. The number of nitrogens with two attached hydrogens (primary N) is 1. The molecule has 11 nitrogen and oxygen atoms in total. The molecular weight excluding hydrogens is 572 g/mol. The average Bonchev–Trinajstić information content (AvgIpc) is 3.37. The van der Waals surface area contributed by atoms with Crippen LogP contribution in [-0.2, 0) is 24.2 Å². The van der Waals surface area contributed by atoms with E-state index >= 15 is 4.39 Å². The second-order valence-corrected chi connectivity index (χ2v) is 11.9. The number of halogens is 2. The van der Waals surface area contributed by atoms with E-state index in [9.17, 15) is 19.7 Å². The van der Waals surface area contributed by atoms with Crippen molar-refractivity contribution < 1.29 is 32.6 Å². The molecule has 3 heterocycles. The number of para-hydroxylation sites is 1. The summed E-state index contributed by atoms with van der Waals surface area (Å²) in [6.07, 6.45) is -2.54. The lowest BCUT2D eigenvalue weighted by molar-refractivity contribution is -0.119. The van der Waals surface area contributed by atoms with Crippen LogP contribution in [0.1, 0.15) is 19.5 Å². The topological polar surface area (TPSA) is 162 Å². The minimum atomic E-state index is -4.00. The van der Waals surface area contributed by atoms with Crippen LogP contribution in [0.15, 0.2) is 48.8 Å². The highest BCUT2D eigenvalue weighted by atomic mass is 79.9. The molecule has 1 aliphatic heterocycles. The predicted molar refractivity (Wildman–Crippen MR) is 134 cm³/mol. The number of aliphatic hydroxyl groups is 1. The maximum absolute atomic E-state index is 16.1. The zero-order chi connectivity index (χ0) is 27.0. The van der Waals surface area contributed by atoms with E-state index in [0.29, 0.717) is 5.52 Å². The molecule has 4 rings (SSSR count). The van der Waals surface area contributed by atoms with Gasteiger partial charge in [0.1, 0.15) is 41.7 Å². The average molecular weight is 596 g/mol. The minimum Gasteiger partial charge on any atom is -0.424 e. The van der Waals surface area contributed by atoms with Crippen LogP contribution in [0.25, 0.3) is 5.52 Å². The summed E-state index contributed by atoms with van der Waals surface area (Å²) in [6.45, 7) is 2.31. The first-order chi connectivity index (χ1) is 17.4. The van der Waals surface area contributed by atoms with Crippen LogP contribution in [0.3, 0.4) is 0 Å². The molecule has 1 fully saturated rings. The minimum absolute atomic E-state index is 0.0612. The third kappa shape index (κ3) is 4.87. The fourth-order valence-corrected chi connectivity index (χ4v) is 6.61. The van der Waals surface area contributed by atoms with E-state index in [1.807, 2.05) is 0 Å². The van der Waals surface area contributed by atoms with E-state index in [4.69, 9.17) is 19.5 Å². The van der Waals surface area contributed by atoms with Crippen molar-refractivity contribution in [2.45, 2.75) is 36.2 Å². The molecule has 3 aromatic rings. The molecule has 0 aliphatic carbocycles. The zero-order valence-electron chi connectivity index (χ0n) is 19.8. The van der Waals surface area contributed by atoms with Crippen LogP contribution in [0.4, 0.5) is 10.2 Å². The Kier molecular flexibility index (Phi) is 7.43. The van der Waals surface area contributed by atoms with Crippen molar-refractivity contribution in [2.75, 3.05) is 18.5 Å². The van der Waals surface area contributed by atoms with Crippen molar-refractivity contribution in [2.24, 2.45) is 5.92 Å². The lowest BCUT2D eigenvalue weighted by Crippen LogP contribution is -2.46. The van der Waals surface area contributed by atoms with Crippen LogP contribution < -0.4 is 10.3 Å². The summed E-state index contributed by atoms with van der Waals surface area (Å²) >= 11 is 2.84. The largest absolute Gasteiger partial charge is 0.424 e. The summed E-state index contributed by atoms with van der Waals surface area (Å²) in [7, 11) is -4.00. The van der Waals surface area contributed by atoms with Crippen molar-refractivity contribution in [3.8, 4) is 11.8 Å². The van der Waals surface area contributed by atoms with Gasteiger partial charge < -0.3 is 20.1 Å². The Hall–Kier alpha value is -2.88. The fourth-order valence-electron chi connectivity index (χ4n) is 3.95. The first kappa shape index (κ1) is 27.2. The number of carbonyl (C=O) groups excluding carboxylic acids is 1. The van der Waals surface area contributed by atoms with Gasteiger partial charge in [0, 0.05) is 5.92 Å². The summed E-state index contributed by atoms with van der Waals surface area (Å²) in [5.41, 5.74) is 3.69. The third-order valence-electron chi connectivity index (χ3n) is 6.14. The number of aliphatic hydroxyl groups excluding tert-OH is 1. The Morgan fingerprint density at radius 1 is 1.41 bits per heavy atom. The Balaban J connectivity index is 1.64. The third-order valence-corrected chi connectivity index (χ3v) is 9.19. The summed E-state index contributed by atoms with van der Waals surface area (Å²) in [5, 5.41) is 25.0. The van der Waals surface area contributed by atoms with Gasteiger partial charge in [0.25, 0.3) is 0 Å². The molecule has 0 spiro atoms. The van der Waals surface area contributed by atoms with Crippen LogP contribution in [-0.4, -0.2) is 55.0 Å². The number of fused-ring (bicyclic) bond motifs is 1. The smallest absolute Gasteiger partial charge is 0.379 e. The van der Waals surface area contributed by atoms with E-state index in [2.05, 4.69) is 26.0 Å². The Bertz CT molecular complexity index is 1400. The number of ketones is 1. The number of benzene rings is 1. The highest BCUT2D eigenvalue weighted by Gasteiger charge is 2.69. The molecule has 1 aromatic carbocycles. The van der Waals surface area contributed by atoms with Gasteiger partial charge >= 0.3 is 7.60 Å². The van der Waals surface area contributed by atoms with Crippen molar-refractivity contribution >= 4 is 40.6 Å². The van der Waals surface area contributed by atoms with Gasteiger partial charge in [0.2, 0.25) is 10.2 Å². The number of carbonyl (C=O) groups is 1. The van der Waals surface area contributed by atoms with Crippen LogP contribution in [0.2, 0.25) is 0 Å². The van der Waals surface area contributed by atoms with E-state index in [-0.39, 0.29) is 29.2 Å². The number of alkyl halides is 2. The molecule has 196 valence electrons. The van der Waals surface area contributed by atoms with Gasteiger partial charge in [0.05, 0.1) is 18.5 Å². The normalized spacial score (nSPS) is 27.9. The van der Waals surface area contributed by atoms with Crippen molar-refractivity contribution in [3.05, 3.63) is 54.5 Å². The van der Waals surface area contributed by atoms with Gasteiger partial charge in [-0.1, -0.05) is 25.1 Å². The van der Waals surface area contributed by atoms with Gasteiger partial charge in [0.15, 0.2) is 5.82 Å². The van der Waals surface area contributed by atoms with Gasteiger partial charge in [-0.15, -0.1) is 0 Å². The van der Waals surface area contributed by atoms with Crippen molar-refractivity contribution in [1.82, 2.24) is 14.6 Å². The maximum Gasteiger partial charge on any atom is 0.379 e. The maximum atomic E-state index is 16.1. The molecule has 0 radical (unpaired) electrons. The van der Waals surface area contributed by atoms with E-state index in [0.717, 1.165) is 6.33 Å². The molecule has 37 heavy (non-hydrogen) atoms. The molecule has 0 saturated carbocycles. The Morgan fingerprint density at radius 2 is 2.11 bits per heavy atom. The highest BCUT2D eigenvalue weighted by molar-refractivity contribution is 9.10. The Labute approximate surface area is 220 Å². The van der Waals surface area contributed by atoms with Crippen LogP contribution >= 0.6 is 23.5 Å². The Morgan fingerprint density at radius 3 is 2.76 bits per heavy atom. The highest BCUT2D eigenvalue weighted by Crippen LogP contribution is 2.55. The number of aromatic nitrogens is 3. The molecule has 1 aliphatic rings. The molecule has 2 aromatic heterocycles. The lowest BCUT2D eigenvalue weighted by atomic mass is 9.93. The first-order valence-corrected chi connectivity index (χ1v) is 13.7. The molecular formula is C23H24BrFN5O6P. The number of ether oxygens (including phenoxy) is 1. The quantitative estimate of drug-likeness (QED) is 0.277. The standard InChI is InChI=1S/C23H24BrFN5O6P/c1-14(15(2)31)11-37(33,36-16-6-4-3-5-7-16)34-10-18-20(32)23(24,25)22(12-26,35-18)19-9-8-17-21(27)28-13-29-30(17)19/h3-9,13-14,18,20,32H,10-11H2,1-2H3,(H2,27,28,29)/t14-,18-,20+,22+,23?,37?/m1/s1. The van der Waals surface area contributed by atoms with Gasteiger partial charge in [-0.25, -0.2) is 18.5 Å². The molecule has 0 bridgehead atoms. The molecule has 2 unspecified atom stereocenters. The number of nitrogen functional groups attached to an aromatic ring is 1. The van der Waals surface area contributed by atoms with Gasteiger partial charge in [-0.05, 0) is 47.1 Å². The molecule has 0 amide bonds. The zero-order valence-corrected chi connectivity index (χ0v) is 22.3. The molecule has 6 atom stereocenters. The second-order valence-electron chi connectivity index (χ2n) is 8.68. The lowest BCUT2D eigenvalue weighted by Gasteiger charge is -2.29. The van der Waals surface area contributed by atoms with Crippen LogP contribution in [0.5, 0.6) is 5.75 Å². The summed E-state index contributed by atoms with van der Waals surface area (Å²) in [4.78, 5) is 15.7. The van der Waals surface area contributed by atoms with Gasteiger partial charge in [-0.2, -0.15) is 10.4 Å². The molecule has 3 N–H and O–H groups in total. The molecule has 1 saturated heterocycles. The summed E-state index contributed by atoms with van der Waals surface area (Å²) < 4.78 is 45.1. The fraction of sp³-hybridized carbons (Fsp3) is 0.391. The van der Waals surface area contributed by atoms with Crippen molar-refractivity contribution in [3.63, 3.8) is 0 Å². The summed E-state index contributed by atoms with van der Waals surface area (Å²) in [6, 6.07) is 12.9. The van der Waals surface area contributed by atoms with Gasteiger partial charge in [-0.3, -0.25) is 9.32 Å². The first-order valence-electron chi connectivity index (χ1n) is 11.2. The predicted octanol–water partition coefficient (Wildman–Crippen LogP) is 3.36. The van der Waals surface area contributed by atoms with Crippen molar-refractivity contribution in [1.29, 1.82) is 5.26 Å². The SMILES string of the molecule is CC(=O)[C@H](C)CP(=O)(OC[C@H]1O[C@@](C#N)(c2ccc3c(N)ncnn23)C(F)(Br)[C@H]1O)Oc1ccccc1. The number of nitrogens with zero attached hydrogens (tertiary/aromatic N) is 4. The number of hydrogen-bond acceptors (Lipinski definition) is 10. The second kappa shape index (κ2) is 10.1. The summed E-state index contributed by atoms with van der Waals surface area (Å²) in [5.74, 6) is -0.579. The molecule has 14 heteroatoms. The van der Waals surface area contributed by atoms with E-state index < -0.39 is 42.5 Å². The number of Topliss-reactive ketones (excluding diaryl/α,β-unsaturated/α-hetero) is 1. The number of rotatable bonds is 9. The number of hydrogen-bond donors (Lipinski definition) is 2. The number of nitriles is 1. The van der Waals surface area contributed by atoms with E-state index in [1.165, 1.54) is 23.6 Å². The van der Waals surface area contributed by atoms with Crippen LogP contribution in [0, 0.1) is 17.2 Å². The number of anilines is 1. The van der Waals surface area contributed by atoms with E-state index in [1.54, 1.807) is 43.3 Å².